The fourth-order valence-electron chi connectivity index (χ4n) is 2.04. The number of benzene rings is 2. The van der Waals surface area contributed by atoms with Crippen LogP contribution in [0.1, 0.15) is 5.56 Å². The first-order valence-corrected chi connectivity index (χ1v) is 6.14. The number of hydrogen-bond donors (Lipinski definition) is 1. The van der Waals surface area contributed by atoms with Gasteiger partial charge in [0.2, 0.25) is 0 Å². The summed E-state index contributed by atoms with van der Waals surface area (Å²) in [7, 11) is 0. The van der Waals surface area contributed by atoms with Crippen molar-refractivity contribution in [1.82, 2.24) is 0 Å². The van der Waals surface area contributed by atoms with Crippen LogP contribution in [-0.2, 0) is 6.42 Å². The van der Waals surface area contributed by atoms with Crippen molar-refractivity contribution in [3.8, 4) is 16.9 Å². The number of nitrogens with two attached hydrogens (primary N) is 1. The van der Waals surface area contributed by atoms with Gasteiger partial charge in [-0.1, -0.05) is 36.4 Å². The van der Waals surface area contributed by atoms with Crippen LogP contribution in [0.4, 0.5) is 13.2 Å². The van der Waals surface area contributed by atoms with Gasteiger partial charge >= 0.3 is 6.36 Å². The van der Waals surface area contributed by atoms with Crippen LogP contribution >= 0.6 is 0 Å². The molecule has 0 saturated carbocycles. The summed E-state index contributed by atoms with van der Waals surface area (Å²) in [5.41, 5.74) is 8.09. The molecule has 0 aromatic heterocycles. The summed E-state index contributed by atoms with van der Waals surface area (Å²) < 4.78 is 40.6. The summed E-state index contributed by atoms with van der Waals surface area (Å²) >= 11 is 0. The summed E-state index contributed by atoms with van der Waals surface area (Å²) in [4.78, 5) is 0. The number of hydrogen-bond acceptors (Lipinski definition) is 2. The van der Waals surface area contributed by atoms with Crippen LogP contribution in [-0.4, -0.2) is 12.9 Å². The molecule has 2 aromatic rings. The average molecular weight is 281 g/mol. The third kappa shape index (κ3) is 3.74. The topological polar surface area (TPSA) is 35.2 Å². The SMILES string of the molecule is NCCc1ccccc1-c1cccc(OC(F)(F)F)c1. The molecule has 2 aromatic carbocycles. The smallest absolute Gasteiger partial charge is 0.406 e. The fourth-order valence-corrected chi connectivity index (χ4v) is 2.04. The molecule has 2 N–H and O–H groups in total. The predicted molar refractivity (Wildman–Crippen MR) is 71.3 cm³/mol. The maximum atomic E-state index is 12.2. The van der Waals surface area contributed by atoms with Crippen molar-refractivity contribution in [1.29, 1.82) is 0 Å². The summed E-state index contributed by atoms with van der Waals surface area (Å²) in [5.74, 6) is -0.224. The third-order valence-corrected chi connectivity index (χ3v) is 2.81. The van der Waals surface area contributed by atoms with E-state index in [1.165, 1.54) is 18.2 Å². The highest BCUT2D eigenvalue weighted by Gasteiger charge is 2.31. The van der Waals surface area contributed by atoms with E-state index in [9.17, 15) is 13.2 Å². The molecule has 0 aliphatic carbocycles. The number of alkyl halides is 3. The van der Waals surface area contributed by atoms with Gasteiger partial charge in [0.15, 0.2) is 0 Å². The maximum Gasteiger partial charge on any atom is 0.573 e. The second-order valence-electron chi connectivity index (χ2n) is 4.27. The van der Waals surface area contributed by atoms with Crippen molar-refractivity contribution >= 4 is 0 Å². The van der Waals surface area contributed by atoms with Crippen LogP contribution < -0.4 is 10.5 Å². The van der Waals surface area contributed by atoms with Crippen LogP contribution in [0.2, 0.25) is 0 Å². The zero-order valence-electron chi connectivity index (χ0n) is 10.7. The second-order valence-corrected chi connectivity index (χ2v) is 4.27. The minimum absolute atomic E-state index is 0.224. The van der Waals surface area contributed by atoms with Gasteiger partial charge in [0.25, 0.3) is 0 Å². The van der Waals surface area contributed by atoms with Gasteiger partial charge in [0.1, 0.15) is 5.75 Å². The third-order valence-electron chi connectivity index (χ3n) is 2.81. The van der Waals surface area contributed by atoms with Gasteiger partial charge in [-0.2, -0.15) is 0 Å². The molecular weight excluding hydrogens is 267 g/mol. The minimum atomic E-state index is -4.69. The molecule has 0 radical (unpaired) electrons. The van der Waals surface area contributed by atoms with E-state index in [0.717, 1.165) is 11.1 Å². The van der Waals surface area contributed by atoms with Crippen LogP contribution in [0.25, 0.3) is 11.1 Å². The van der Waals surface area contributed by atoms with Crippen molar-refractivity contribution < 1.29 is 17.9 Å². The predicted octanol–water partition coefficient (Wildman–Crippen LogP) is 3.75. The Morgan fingerprint density at radius 2 is 1.75 bits per heavy atom. The van der Waals surface area contributed by atoms with Gasteiger partial charge in [0.05, 0.1) is 0 Å². The molecule has 106 valence electrons. The zero-order chi connectivity index (χ0) is 14.6. The van der Waals surface area contributed by atoms with E-state index in [1.54, 1.807) is 6.07 Å². The molecule has 0 amide bonds. The summed E-state index contributed by atoms with van der Waals surface area (Å²) in [6.45, 7) is 0.482. The van der Waals surface area contributed by atoms with Gasteiger partial charge in [0, 0.05) is 0 Å². The Bertz CT molecular complexity index is 581. The minimum Gasteiger partial charge on any atom is -0.406 e. The lowest BCUT2D eigenvalue weighted by molar-refractivity contribution is -0.274. The van der Waals surface area contributed by atoms with E-state index >= 15 is 0 Å². The maximum absolute atomic E-state index is 12.2. The molecule has 0 heterocycles. The van der Waals surface area contributed by atoms with Crippen molar-refractivity contribution in [2.45, 2.75) is 12.8 Å². The first-order chi connectivity index (χ1) is 9.49. The van der Waals surface area contributed by atoms with Crippen LogP contribution in [0.15, 0.2) is 48.5 Å². The Hall–Kier alpha value is -2.01. The van der Waals surface area contributed by atoms with Crippen molar-refractivity contribution in [3.63, 3.8) is 0 Å². The molecule has 2 rings (SSSR count). The fraction of sp³-hybridized carbons (Fsp3) is 0.200. The number of halogens is 3. The second kappa shape index (κ2) is 5.96. The average Bonchev–Trinajstić information content (AvgIpc) is 2.38. The monoisotopic (exact) mass is 281 g/mol. The van der Waals surface area contributed by atoms with Crippen molar-refractivity contribution in [3.05, 3.63) is 54.1 Å². The molecule has 5 heteroatoms. The molecule has 0 fully saturated rings. The van der Waals surface area contributed by atoms with Gasteiger partial charge in [-0.15, -0.1) is 13.2 Å². The zero-order valence-corrected chi connectivity index (χ0v) is 10.7. The Kier molecular flexibility index (Phi) is 4.29. The lowest BCUT2D eigenvalue weighted by Crippen LogP contribution is -2.17. The molecule has 0 atom stereocenters. The Morgan fingerprint density at radius 1 is 1.00 bits per heavy atom. The van der Waals surface area contributed by atoms with E-state index in [1.807, 2.05) is 24.3 Å². The van der Waals surface area contributed by atoms with Gasteiger partial charge < -0.3 is 10.5 Å². The standard InChI is InChI=1S/C15H14F3NO/c16-15(17,18)20-13-6-3-5-12(10-13)14-7-2-1-4-11(14)8-9-19/h1-7,10H,8-9,19H2. The molecule has 0 bridgehead atoms. The highest BCUT2D eigenvalue weighted by molar-refractivity contribution is 5.68. The molecular formula is C15H14F3NO. The van der Waals surface area contributed by atoms with E-state index in [4.69, 9.17) is 5.73 Å². The van der Waals surface area contributed by atoms with Crippen LogP contribution in [0.3, 0.4) is 0 Å². The van der Waals surface area contributed by atoms with E-state index < -0.39 is 6.36 Å². The highest BCUT2D eigenvalue weighted by atomic mass is 19.4. The van der Waals surface area contributed by atoms with E-state index in [-0.39, 0.29) is 5.75 Å². The summed E-state index contributed by atoms with van der Waals surface area (Å²) in [5, 5.41) is 0. The van der Waals surface area contributed by atoms with Crippen molar-refractivity contribution in [2.75, 3.05) is 6.54 Å². The molecule has 20 heavy (non-hydrogen) atoms. The lowest BCUT2D eigenvalue weighted by Gasteiger charge is -2.12. The quantitative estimate of drug-likeness (QED) is 0.926. The molecule has 0 aliphatic heterocycles. The van der Waals surface area contributed by atoms with Gasteiger partial charge in [-0.05, 0) is 41.8 Å². The molecule has 0 aliphatic rings. The van der Waals surface area contributed by atoms with Crippen LogP contribution in [0.5, 0.6) is 5.75 Å². The van der Waals surface area contributed by atoms with Gasteiger partial charge in [-0.25, -0.2) is 0 Å². The molecule has 2 nitrogen and oxygen atoms in total. The Labute approximate surface area is 115 Å². The summed E-state index contributed by atoms with van der Waals surface area (Å²) in [6, 6.07) is 13.4. The number of rotatable bonds is 4. The van der Waals surface area contributed by atoms with Gasteiger partial charge in [-0.3, -0.25) is 0 Å². The van der Waals surface area contributed by atoms with Crippen LogP contribution in [0, 0.1) is 0 Å². The van der Waals surface area contributed by atoms with E-state index in [2.05, 4.69) is 4.74 Å². The first-order valence-electron chi connectivity index (χ1n) is 6.14. The molecule has 0 saturated heterocycles. The largest absolute Gasteiger partial charge is 0.573 e. The molecule has 0 spiro atoms. The summed E-state index contributed by atoms with van der Waals surface area (Å²) in [6.07, 6.45) is -4.02. The molecule has 0 unspecified atom stereocenters. The Balaban J connectivity index is 2.36. The normalized spacial score (nSPS) is 11.4. The van der Waals surface area contributed by atoms with Crippen molar-refractivity contribution in [2.24, 2.45) is 5.73 Å². The Morgan fingerprint density at radius 3 is 2.45 bits per heavy atom. The number of ether oxygens (including phenoxy) is 1. The first kappa shape index (κ1) is 14.4. The van der Waals surface area contributed by atoms with E-state index in [0.29, 0.717) is 18.5 Å². The highest BCUT2D eigenvalue weighted by Crippen LogP contribution is 2.29. The lowest BCUT2D eigenvalue weighted by atomic mass is 9.97.